The molecule has 0 saturated heterocycles. The van der Waals surface area contributed by atoms with Crippen molar-refractivity contribution in [2.75, 3.05) is 11.9 Å². The lowest BCUT2D eigenvalue weighted by Gasteiger charge is -2.14. The fraction of sp³-hybridized carbons (Fsp3) is 0.333. The van der Waals surface area contributed by atoms with Gasteiger partial charge in [-0.25, -0.2) is 0 Å². The van der Waals surface area contributed by atoms with Gasteiger partial charge in [0.15, 0.2) is 0 Å². The molecule has 2 rings (SSSR count). The lowest BCUT2D eigenvalue weighted by molar-refractivity contribution is 0.0794. The minimum absolute atomic E-state index is 0.617. The summed E-state index contributed by atoms with van der Waals surface area (Å²) in [6.07, 6.45) is 0. The van der Waals surface area contributed by atoms with Crippen LogP contribution in [-0.2, 0) is 5.60 Å². The summed E-state index contributed by atoms with van der Waals surface area (Å²) < 4.78 is 0. The van der Waals surface area contributed by atoms with Gasteiger partial charge in [0.1, 0.15) is 5.60 Å². The van der Waals surface area contributed by atoms with Crippen molar-refractivity contribution in [1.82, 2.24) is 0 Å². The average molecular weight is 149 g/mol. The summed E-state index contributed by atoms with van der Waals surface area (Å²) in [6, 6.07) is 7.85. The zero-order chi connectivity index (χ0) is 7.90. The SMILES string of the molecule is C[C@]1(O)CNc2ccccc21. The maximum atomic E-state index is 9.78. The highest BCUT2D eigenvalue weighted by molar-refractivity contribution is 5.58. The Bertz CT molecular complexity index is 281. The monoisotopic (exact) mass is 149 g/mol. The Kier molecular flexibility index (Phi) is 1.20. The Morgan fingerprint density at radius 1 is 1.45 bits per heavy atom. The van der Waals surface area contributed by atoms with Gasteiger partial charge in [0.2, 0.25) is 0 Å². The molecule has 2 heteroatoms. The maximum Gasteiger partial charge on any atom is 0.106 e. The lowest BCUT2D eigenvalue weighted by atomic mass is 9.99. The van der Waals surface area contributed by atoms with E-state index >= 15 is 0 Å². The van der Waals surface area contributed by atoms with Crippen LogP contribution in [0.15, 0.2) is 24.3 Å². The molecule has 0 radical (unpaired) electrons. The Balaban J connectivity index is 2.56. The highest BCUT2D eigenvalue weighted by Gasteiger charge is 2.30. The zero-order valence-corrected chi connectivity index (χ0v) is 6.46. The summed E-state index contributed by atoms with van der Waals surface area (Å²) in [5.74, 6) is 0. The number of benzene rings is 1. The van der Waals surface area contributed by atoms with E-state index in [0.29, 0.717) is 6.54 Å². The third-order valence-electron chi connectivity index (χ3n) is 2.13. The summed E-state index contributed by atoms with van der Waals surface area (Å²) in [5.41, 5.74) is 1.37. The molecule has 2 nitrogen and oxygen atoms in total. The standard InChI is InChI=1S/C9H11NO/c1-9(11)6-10-8-5-3-2-4-7(8)9/h2-5,10-11H,6H2,1H3/t9-/m0/s1. The Hall–Kier alpha value is -1.02. The first-order valence-electron chi connectivity index (χ1n) is 3.76. The molecular weight excluding hydrogens is 138 g/mol. The summed E-state index contributed by atoms with van der Waals surface area (Å²) >= 11 is 0. The van der Waals surface area contributed by atoms with Gasteiger partial charge in [-0.2, -0.15) is 0 Å². The summed E-state index contributed by atoms with van der Waals surface area (Å²) in [5, 5.41) is 12.9. The number of hydrogen-bond donors (Lipinski definition) is 2. The number of hydrogen-bond acceptors (Lipinski definition) is 2. The Morgan fingerprint density at radius 2 is 2.18 bits per heavy atom. The Morgan fingerprint density at radius 3 is 2.91 bits per heavy atom. The van der Waals surface area contributed by atoms with Gasteiger partial charge in [-0.15, -0.1) is 0 Å². The fourth-order valence-corrected chi connectivity index (χ4v) is 1.47. The number of nitrogens with one attached hydrogen (secondary N) is 1. The number of para-hydroxylation sites is 1. The average Bonchev–Trinajstić information content (AvgIpc) is 2.29. The van der Waals surface area contributed by atoms with Crippen molar-refractivity contribution < 1.29 is 5.11 Å². The predicted octanol–water partition coefficient (Wildman–Crippen LogP) is 1.32. The quantitative estimate of drug-likeness (QED) is 0.583. The van der Waals surface area contributed by atoms with Gasteiger partial charge in [0.05, 0.1) is 0 Å². The first-order valence-corrected chi connectivity index (χ1v) is 3.76. The van der Waals surface area contributed by atoms with Crippen LogP contribution in [0.25, 0.3) is 0 Å². The topological polar surface area (TPSA) is 32.3 Å². The molecule has 1 heterocycles. The number of β-amino-alcohol motifs (C(OH)–C–C–N with tert-alkyl or cyclic N) is 1. The second-order valence-corrected chi connectivity index (χ2v) is 3.17. The molecule has 0 aromatic heterocycles. The molecule has 2 N–H and O–H groups in total. The highest BCUT2D eigenvalue weighted by atomic mass is 16.3. The van der Waals surface area contributed by atoms with Crippen LogP contribution in [0.5, 0.6) is 0 Å². The van der Waals surface area contributed by atoms with Gasteiger partial charge in [0.25, 0.3) is 0 Å². The molecule has 0 aliphatic carbocycles. The lowest BCUT2D eigenvalue weighted by Crippen LogP contribution is -2.22. The molecule has 1 aromatic rings. The van der Waals surface area contributed by atoms with Crippen molar-refractivity contribution in [1.29, 1.82) is 0 Å². The molecule has 0 saturated carbocycles. The third kappa shape index (κ3) is 0.906. The largest absolute Gasteiger partial charge is 0.384 e. The van der Waals surface area contributed by atoms with Crippen LogP contribution in [0, 0.1) is 0 Å². The minimum Gasteiger partial charge on any atom is -0.384 e. The molecule has 11 heavy (non-hydrogen) atoms. The molecule has 1 aliphatic rings. The van der Waals surface area contributed by atoms with Gasteiger partial charge in [-0.3, -0.25) is 0 Å². The molecule has 0 unspecified atom stereocenters. The van der Waals surface area contributed by atoms with E-state index in [1.54, 1.807) is 0 Å². The Labute approximate surface area is 65.9 Å². The van der Waals surface area contributed by atoms with Crippen molar-refractivity contribution in [3.63, 3.8) is 0 Å². The second kappa shape index (κ2) is 1.98. The van der Waals surface area contributed by atoms with Crippen LogP contribution < -0.4 is 5.32 Å². The first kappa shape index (κ1) is 6.68. The van der Waals surface area contributed by atoms with Crippen molar-refractivity contribution in [2.45, 2.75) is 12.5 Å². The molecule has 1 aliphatic heterocycles. The smallest absolute Gasteiger partial charge is 0.106 e. The van der Waals surface area contributed by atoms with Gasteiger partial charge in [-0.1, -0.05) is 18.2 Å². The van der Waals surface area contributed by atoms with E-state index in [2.05, 4.69) is 5.32 Å². The number of aliphatic hydroxyl groups is 1. The number of anilines is 1. The summed E-state index contributed by atoms with van der Waals surface area (Å²) in [6.45, 7) is 2.44. The third-order valence-corrected chi connectivity index (χ3v) is 2.13. The van der Waals surface area contributed by atoms with Crippen molar-refractivity contribution >= 4 is 5.69 Å². The van der Waals surface area contributed by atoms with Crippen molar-refractivity contribution in [3.8, 4) is 0 Å². The molecule has 58 valence electrons. The van der Waals surface area contributed by atoms with Crippen LogP contribution >= 0.6 is 0 Å². The first-order chi connectivity index (χ1) is 5.20. The van der Waals surface area contributed by atoms with Crippen molar-refractivity contribution in [3.05, 3.63) is 29.8 Å². The minimum atomic E-state index is -0.684. The molecule has 0 fully saturated rings. The van der Waals surface area contributed by atoms with E-state index in [0.717, 1.165) is 11.3 Å². The predicted molar refractivity (Wildman–Crippen MR) is 44.5 cm³/mol. The molecule has 0 spiro atoms. The second-order valence-electron chi connectivity index (χ2n) is 3.17. The van der Waals surface area contributed by atoms with Gasteiger partial charge in [-0.05, 0) is 13.0 Å². The van der Waals surface area contributed by atoms with Crippen LogP contribution in [0.2, 0.25) is 0 Å². The van der Waals surface area contributed by atoms with Crippen LogP contribution in [0.3, 0.4) is 0 Å². The van der Waals surface area contributed by atoms with Gasteiger partial charge in [0, 0.05) is 17.8 Å². The van der Waals surface area contributed by atoms with Crippen LogP contribution in [0.4, 0.5) is 5.69 Å². The van der Waals surface area contributed by atoms with E-state index in [-0.39, 0.29) is 0 Å². The zero-order valence-electron chi connectivity index (χ0n) is 6.46. The molecule has 0 amide bonds. The van der Waals surface area contributed by atoms with Crippen LogP contribution in [0.1, 0.15) is 12.5 Å². The van der Waals surface area contributed by atoms with E-state index in [1.165, 1.54) is 0 Å². The normalized spacial score (nSPS) is 27.8. The van der Waals surface area contributed by atoms with Crippen LogP contribution in [-0.4, -0.2) is 11.7 Å². The molecule has 0 bridgehead atoms. The van der Waals surface area contributed by atoms with Crippen molar-refractivity contribution in [2.24, 2.45) is 0 Å². The maximum absolute atomic E-state index is 9.78. The highest BCUT2D eigenvalue weighted by Crippen LogP contribution is 2.33. The van der Waals surface area contributed by atoms with Gasteiger partial charge >= 0.3 is 0 Å². The van der Waals surface area contributed by atoms with E-state index in [9.17, 15) is 5.11 Å². The fourth-order valence-electron chi connectivity index (χ4n) is 1.47. The summed E-state index contributed by atoms with van der Waals surface area (Å²) in [4.78, 5) is 0. The molecular formula is C9H11NO. The summed E-state index contributed by atoms with van der Waals surface area (Å²) in [7, 11) is 0. The van der Waals surface area contributed by atoms with E-state index < -0.39 is 5.60 Å². The van der Waals surface area contributed by atoms with E-state index in [1.807, 2.05) is 31.2 Å². The molecule has 1 aromatic carbocycles. The van der Waals surface area contributed by atoms with E-state index in [4.69, 9.17) is 0 Å². The number of rotatable bonds is 0. The van der Waals surface area contributed by atoms with Gasteiger partial charge < -0.3 is 10.4 Å². The molecule has 1 atom stereocenters. The number of fused-ring (bicyclic) bond motifs is 1.